The summed E-state index contributed by atoms with van der Waals surface area (Å²) in [5.74, 6) is 1.47. The third-order valence-corrected chi connectivity index (χ3v) is 10.3. The fourth-order valence-electron chi connectivity index (χ4n) is 4.48. The second-order valence-corrected chi connectivity index (χ2v) is 12.6. The molecule has 0 unspecified atom stereocenters. The molecule has 0 spiro atoms. The zero-order valence-electron chi connectivity index (χ0n) is 16.5. The largest absolute Gasteiger partial charge is 0.359 e. The molecule has 0 aromatic heterocycles. The molecule has 3 radical (unpaired) electrons. The van der Waals surface area contributed by atoms with Crippen LogP contribution in [0.5, 0.6) is 0 Å². The van der Waals surface area contributed by atoms with Crippen LogP contribution in [0.4, 0.5) is 0 Å². The third-order valence-electron chi connectivity index (χ3n) is 5.92. The molecule has 4 rings (SSSR count). The average molecular weight is 395 g/mol. The fourth-order valence-corrected chi connectivity index (χ4v) is 9.66. The standard InChI is InChI=1S/C23H29OPS.B/c1-17-14-15-20-21(16-17)24-22(26-23(20,2)3)25(18-10-6-4-7-11-18)19-12-8-5-9-13-19;/h4-13,17,20-22H,14-16H2,1-3H3;/t17-,20-,21-,22+;/m1./s1. The lowest BCUT2D eigenvalue weighted by Gasteiger charge is -2.51. The van der Waals surface area contributed by atoms with E-state index in [2.05, 4.69) is 93.2 Å². The quantitative estimate of drug-likeness (QED) is 0.511. The van der Waals surface area contributed by atoms with Crippen molar-refractivity contribution < 1.29 is 4.74 Å². The third kappa shape index (κ3) is 4.47. The number of hydrogen-bond donors (Lipinski definition) is 0. The van der Waals surface area contributed by atoms with Crippen molar-refractivity contribution in [1.82, 2.24) is 0 Å². The zero-order chi connectivity index (χ0) is 18.1. The minimum absolute atomic E-state index is 0. The predicted molar refractivity (Wildman–Crippen MR) is 122 cm³/mol. The van der Waals surface area contributed by atoms with E-state index in [-0.39, 0.29) is 18.3 Å². The summed E-state index contributed by atoms with van der Waals surface area (Å²) in [7, 11) is -0.533. The van der Waals surface area contributed by atoms with Crippen LogP contribution < -0.4 is 10.6 Å². The molecule has 0 amide bonds. The Morgan fingerprint density at radius 3 is 2.04 bits per heavy atom. The number of ether oxygens (including phenoxy) is 1. The summed E-state index contributed by atoms with van der Waals surface area (Å²) in [6.07, 6.45) is 4.30. The molecule has 0 N–H and O–H groups in total. The summed E-state index contributed by atoms with van der Waals surface area (Å²) < 4.78 is 7.13. The van der Waals surface area contributed by atoms with Gasteiger partial charge in [0.25, 0.3) is 0 Å². The highest BCUT2D eigenvalue weighted by Crippen LogP contribution is 2.58. The van der Waals surface area contributed by atoms with Gasteiger partial charge in [-0.2, -0.15) is 0 Å². The molecule has 4 heteroatoms. The first kappa shape index (κ1) is 21.0. The van der Waals surface area contributed by atoms with Crippen LogP contribution in [0.1, 0.15) is 40.0 Å². The maximum atomic E-state index is 6.86. The maximum Gasteiger partial charge on any atom is 0.130 e. The van der Waals surface area contributed by atoms with Gasteiger partial charge in [0.2, 0.25) is 0 Å². The van der Waals surface area contributed by atoms with Gasteiger partial charge in [-0.15, -0.1) is 11.8 Å². The number of fused-ring (bicyclic) bond motifs is 1. The Bertz CT molecular complexity index is 684. The Balaban J connectivity index is 0.00000210. The predicted octanol–water partition coefficient (Wildman–Crippen LogP) is 5.37. The Labute approximate surface area is 172 Å². The molecule has 27 heavy (non-hydrogen) atoms. The topological polar surface area (TPSA) is 9.23 Å². The SMILES string of the molecule is C[C@@H]1CC[C@@H]2[C@@H](C1)O[C@@H](P(c1ccccc1)c1ccccc1)SC2(C)C.[B]. The molecule has 2 aliphatic rings. The van der Waals surface area contributed by atoms with Gasteiger partial charge in [0.1, 0.15) is 5.18 Å². The zero-order valence-corrected chi connectivity index (χ0v) is 18.3. The first-order valence-electron chi connectivity index (χ1n) is 9.77. The van der Waals surface area contributed by atoms with Gasteiger partial charge in [0, 0.05) is 13.2 Å². The average Bonchev–Trinajstić information content (AvgIpc) is 2.63. The molecule has 0 bridgehead atoms. The summed E-state index contributed by atoms with van der Waals surface area (Å²) in [5, 5.41) is 3.07. The Morgan fingerprint density at radius 2 is 1.48 bits per heavy atom. The molecule has 2 aromatic rings. The van der Waals surface area contributed by atoms with Gasteiger partial charge in [0.15, 0.2) is 0 Å². The lowest BCUT2D eigenvalue weighted by molar-refractivity contribution is -0.0340. The molecule has 2 fully saturated rings. The smallest absolute Gasteiger partial charge is 0.130 e. The van der Waals surface area contributed by atoms with Crippen LogP contribution in [0.2, 0.25) is 0 Å². The Hall–Kier alpha value is -0.755. The van der Waals surface area contributed by atoms with Gasteiger partial charge >= 0.3 is 0 Å². The summed E-state index contributed by atoms with van der Waals surface area (Å²) in [6, 6.07) is 22.0. The number of hydrogen-bond acceptors (Lipinski definition) is 2. The molecule has 1 aliphatic heterocycles. The van der Waals surface area contributed by atoms with Gasteiger partial charge in [-0.1, -0.05) is 87.9 Å². The monoisotopic (exact) mass is 395 g/mol. The maximum absolute atomic E-state index is 6.86. The normalized spacial score (nSPS) is 29.6. The number of benzene rings is 2. The molecule has 2 aromatic carbocycles. The molecule has 1 heterocycles. The highest BCUT2D eigenvalue weighted by Gasteiger charge is 2.48. The molecule has 141 valence electrons. The first-order chi connectivity index (χ1) is 12.5. The van der Waals surface area contributed by atoms with Crippen LogP contribution in [0.15, 0.2) is 60.7 Å². The van der Waals surface area contributed by atoms with E-state index in [1.165, 1.54) is 29.9 Å². The van der Waals surface area contributed by atoms with E-state index in [1.807, 2.05) is 0 Å². The van der Waals surface area contributed by atoms with Crippen LogP contribution in [-0.2, 0) is 4.74 Å². The lowest BCUT2D eigenvalue weighted by atomic mass is 9.75. The second-order valence-electron chi connectivity index (χ2n) is 8.27. The fraction of sp³-hybridized carbons (Fsp3) is 0.478. The van der Waals surface area contributed by atoms with Gasteiger partial charge in [-0.25, -0.2) is 0 Å². The minimum atomic E-state index is -0.533. The van der Waals surface area contributed by atoms with E-state index in [0.717, 1.165) is 5.92 Å². The van der Waals surface area contributed by atoms with Crippen molar-refractivity contribution in [1.29, 1.82) is 0 Å². The van der Waals surface area contributed by atoms with Crippen molar-refractivity contribution in [3.8, 4) is 0 Å². The van der Waals surface area contributed by atoms with E-state index in [1.54, 1.807) is 0 Å². The summed E-state index contributed by atoms with van der Waals surface area (Å²) in [6.45, 7) is 7.29. The van der Waals surface area contributed by atoms with E-state index in [9.17, 15) is 0 Å². The molecule has 1 saturated heterocycles. The van der Waals surface area contributed by atoms with Crippen LogP contribution in [0, 0.1) is 11.8 Å². The molecular formula is C23H29BOPS. The molecular weight excluding hydrogens is 366 g/mol. The number of rotatable bonds is 3. The highest BCUT2D eigenvalue weighted by molar-refractivity contribution is 8.08. The van der Waals surface area contributed by atoms with E-state index in [0.29, 0.717) is 12.0 Å². The summed E-state index contributed by atoms with van der Waals surface area (Å²) in [5.41, 5.74) is 0. The molecule has 1 nitrogen and oxygen atoms in total. The summed E-state index contributed by atoms with van der Waals surface area (Å²) in [4.78, 5) is 0. The van der Waals surface area contributed by atoms with Gasteiger partial charge in [-0.3, -0.25) is 0 Å². The highest BCUT2D eigenvalue weighted by atomic mass is 32.2. The molecule has 4 atom stereocenters. The van der Waals surface area contributed by atoms with E-state index < -0.39 is 7.92 Å². The van der Waals surface area contributed by atoms with E-state index >= 15 is 0 Å². The van der Waals surface area contributed by atoms with Crippen molar-refractivity contribution in [2.24, 2.45) is 11.8 Å². The van der Waals surface area contributed by atoms with Crippen molar-refractivity contribution >= 4 is 38.7 Å². The Morgan fingerprint density at radius 1 is 0.926 bits per heavy atom. The van der Waals surface area contributed by atoms with Gasteiger partial charge < -0.3 is 4.74 Å². The van der Waals surface area contributed by atoms with Gasteiger partial charge in [-0.05, 0) is 43.2 Å². The Kier molecular flexibility index (Phi) is 6.77. The molecule has 1 saturated carbocycles. The van der Waals surface area contributed by atoms with Crippen molar-refractivity contribution in [2.75, 3.05) is 0 Å². The van der Waals surface area contributed by atoms with Crippen molar-refractivity contribution in [2.45, 2.75) is 56.1 Å². The van der Waals surface area contributed by atoms with Crippen LogP contribution >= 0.6 is 19.7 Å². The minimum Gasteiger partial charge on any atom is -0.359 e. The van der Waals surface area contributed by atoms with Crippen molar-refractivity contribution in [3.63, 3.8) is 0 Å². The van der Waals surface area contributed by atoms with Crippen LogP contribution in [-0.4, -0.2) is 24.4 Å². The molecule has 1 aliphatic carbocycles. The first-order valence-corrected chi connectivity index (χ1v) is 12.1. The number of thioether (sulfide) groups is 1. The lowest BCUT2D eigenvalue weighted by Crippen LogP contribution is -2.49. The van der Waals surface area contributed by atoms with Crippen LogP contribution in [0.25, 0.3) is 0 Å². The van der Waals surface area contributed by atoms with Gasteiger partial charge in [0.05, 0.1) is 6.10 Å². The van der Waals surface area contributed by atoms with Crippen LogP contribution in [0.3, 0.4) is 0 Å². The summed E-state index contributed by atoms with van der Waals surface area (Å²) >= 11 is 2.08. The van der Waals surface area contributed by atoms with Crippen molar-refractivity contribution in [3.05, 3.63) is 60.7 Å². The van der Waals surface area contributed by atoms with E-state index in [4.69, 9.17) is 4.74 Å². The second kappa shape index (κ2) is 8.72.